The van der Waals surface area contributed by atoms with Gasteiger partial charge in [-0.2, -0.15) is 5.10 Å². The molecule has 12 heteroatoms. The summed E-state index contributed by atoms with van der Waals surface area (Å²) in [5.74, 6) is -1.26. The fraction of sp³-hybridized carbons (Fsp3) is 0.333. The van der Waals surface area contributed by atoms with E-state index in [0.29, 0.717) is 44.6 Å². The lowest BCUT2D eigenvalue weighted by molar-refractivity contribution is -0.139. The van der Waals surface area contributed by atoms with Crippen LogP contribution in [0.25, 0.3) is 0 Å². The smallest absolute Gasteiger partial charge is 0.329 e. The van der Waals surface area contributed by atoms with Gasteiger partial charge in [-0.15, -0.1) is 0 Å². The molecule has 0 bridgehead atoms. The number of ether oxygens (including phenoxy) is 3. The molecule has 1 atom stereocenters. The van der Waals surface area contributed by atoms with E-state index in [2.05, 4.69) is 21.2 Å². The van der Waals surface area contributed by atoms with Crippen molar-refractivity contribution >= 4 is 63.8 Å². The molecule has 0 unspecified atom stereocenters. The van der Waals surface area contributed by atoms with E-state index < -0.39 is 11.8 Å². The highest BCUT2D eigenvalue weighted by atomic mass is 127. The van der Waals surface area contributed by atoms with Gasteiger partial charge in [0.25, 0.3) is 5.91 Å². The molecule has 10 nitrogen and oxygen atoms in total. The number of carbonyl (C=O) groups excluding carboxylic acids is 3. The van der Waals surface area contributed by atoms with Crippen molar-refractivity contribution in [3.63, 3.8) is 0 Å². The summed E-state index contributed by atoms with van der Waals surface area (Å²) in [7, 11) is 0. The molecule has 36 heavy (non-hydrogen) atoms. The summed E-state index contributed by atoms with van der Waals surface area (Å²) < 4.78 is 17.5. The van der Waals surface area contributed by atoms with E-state index in [0.717, 1.165) is 12.8 Å². The molecule has 2 aromatic rings. The molecule has 1 aliphatic rings. The van der Waals surface area contributed by atoms with Gasteiger partial charge in [0.2, 0.25) is 0 Å². The number of amides is 3. The summed E-state index contributed by atoms with van der Waals surface area (Å²) in [6.07, 6.45) is 3.11. The number of hydrazone groups is 1. The summed E-state index contributed by atoms with van der Waals surface area (Å²) in [5.41, 5.74) is 3.28. The summed E-state index contributed by atoms with van der Waals surface area (Å²) in [6.45, 7) is 2.87. The lowest BCUT2D eigenvalue weighted by atomic mass is 10.2. The third-order valence-corrected chi connectivity index (χ3v) is 6.06. The number of halogens is 2. The summed E-state index contributed by atoms with van der Waals surface area (Å²) >= 11 is 8.12. The zero-order valence-corrected chi connectivity index (χ0v) is 22.4. The molecule has 1 heterocycles. The minimum atomic E-state index is -0.881. The zero-order valence-electron chi connectivity index (χ0n) is 19.5. The molecule has 0 aromatic heterocycles. The number of rotatable bonds is 10. The maximum atomic E-state index is 12.3. The highest BCUT2D eigenvalue weighted by molar-refractivity contribution is 14.1. The minimum Gasteiger partial charge on any atom is -0.490 e. The van der Waals surface area contributed by atoms with Gasteiger partial charge in [0, 0.05) is 13.2 Å². The van der Waals surface area contributed by atoms with Gasteiger partial charge in [0.1, 0.15) is 0 Å². The van der Waals surface area contributed by atoms with Crippen molar-refractivity contribution in [2.24, 2.45) is 5.10 Å². The Morgan fingerprint density at radius 1 is 1.22 bits per heavy atom. The Morgan fingerprint density at radius 2 is 2.03 bits per heavy atom. The van der Waals surface area contributed by atoms with E-state index in [1.807, 2.05) is 29.5 Å². The second-order valence-electron chi connectivity index (χ2n) is 7.62. The lowest BCUT2D eigenvalue weighted by Crippen LogP contribution is -2.41. The van der Waals surface area contributed by atoms with Crippen LogP contribution in [0.3, 0.4) is 0 Å². The van der Waals surface area contributed by atoms with Crippen molar-refractivity contribution in [1.82, 2.24) is 10.7 Å². The Kier molecular flexibility index (Phi) is 10.8. The Hall–Kier alpha value is -2.90. The maximum Gasteiger partial charge on any atom is 0.329 e. The van der Waals surface area contributed by atoms with Crippen LogP contribution in [-0.2, 0) is 19.1 Å². The fourth-order valence-electron chi connectivity index (χ4n) is 3.26. The highest BCUT2D eigenvalue weighted by Crippen LogP contribution is 2.34. The molecule has 3 N–H and O–H groups in total. The molecule has 3 rings (SSSR count). The molecule has 1 aliphatic heterocycles. The van der Waals surface area contributed by atoms with Crippen LogP contribution in [0.5, 0.6) is 11.5 Å². The Labute approximate surface area is 227 Å². The van der Waals surface area contributed by atoms with E-state index in [4.69, 9.17) is 25.8 Å². The second-order valence-corrected chi connectivity index (χ2v) is 9.19. The number of benzene rings is 2. The van der Waals surface area contributed by atoms with E-state index in [-0.39, 0.29) is 25.2 Å². The van der Waals surface area contributed by atoms with Crippen LogP contribution in [0.2, 0.25) is 5.02 Å². The molecule has 0 saturated carbocycles. The molecule has 1 saturated heterocycles. The SMILES string of the molecule is CCOc1cc(/C=N\NC(=O)C(=O)NC[C@@H]2CCCO2)cc(I)c1OCC(=O)Nc1ccccc1Cl. The first kappa shape index (κ1) is 27.7. The molecule has 3 amide bonds. The average Bonchev–Trinajstić information content (AvgIpc) is 3.37. The van der Waals surface area contributed by atoms with Crippen molar-refractivity contribution in [2.45, 2.75) is 25.9 Å². The van der Waals surface area contributed by atoms with Crippen molar-refractivity contribution < 1.29 is 28.6 Å². The monoisotopic (exact) mass is 628 g/mol. The lowest BCUT2D eigenvalue weighted by Gasteiger charge is -2.15. The third kappa shape index (κ3) is 8.35. The van der Waals surface area contributed by atoms with Gasteiger partial charge < -0.3 is 24.8 Å². The highest BCUT2D eigenvalue weighted by Gasteiger charge is 2.19. The minimum absolute atomic E-state index is 0.0627. The first-order chi connectivity index (χ1) is 17.4. The van der Waals surface area contributed by atoms with Crippen molar-refractivity contribution in [3.8, 4) is 11.5 Å². The normalized spacial score (nSPS) is 14.9. The largest absolute Gasteiger partial charge is 0.490 e. The molecule has 0 spiro atoms. The first-order valence-electron chi connectivity index (χ1n) is 11.2. The third-order valence-electron chi connectivity index (χ3n) is 4.93. The van der Waals surface area contributed by atoms with E-state index in [1.54, 1.807) is 36.4 Å². The van der Waals surface area contributed by atoms with Crippen LogP contribution in [0.15, 0.2) is 41.5 Å². The molecule has 2 aromatic carbocycles. The van der Waals surface area contributed by atoms with Crippen LogP contribution >= 0.6 is 34.2 Å². The fourth-order valence-corrected chi connectivity index (χ4v) is 4.22. The molecular weight excluding hydrogens is 603 g/mol. The van der Waals surface area contributed by atoms with Crippen LogP contribution in [0, 0.1) is 3.57 Å². The molecule has 0 aliphatic carbocycles. The Balaban J connectivity index is 1.57. The van der Waals surface area contributed by atoms with E-state index in [9.17, 15) is 14.4 Å². The summed E-state index contributed by atoms with van der Waals surface area (Å²) in [6, 6.07) is 10.3. The summed E-state index contributed by atoms with van der Waals surface area (Å²) in [4.78, 5) is 36.2. The van der Waals surface area contributed by atoms with Gasteiger partial charge in [0.15, 0.2) is 18.1 Å². The van der Waals surface area contributed by atoms with Crippen LogP contribution in [-0.4, -0.2) is 56.4 Å². The van der Waals surface area contributed by atoms with Crippen LogP contribution in [0.1, 0.15) is 25.3 Å². The quantitative estimate of drug-likeness (QED) is 0.161. The topological polar surface area (TPSA) is 127 Å². The molecule has 0 radical (unpaired) electrons. The number of nitrogens with one attached hydrogen (secondary N) is 3. The van der Waals surface area contributed by atoms with Crippen LogP contribution < -0.4 is 25.5 Å². The molecular formula is C24H26ClIN4O6. The predicted molar refractivity (Wildman–Crippen MR) is 144 cm³/mol. The standard InChI is InChI=1S/C24H26ClIN4O6/c1-2-34-20-11-15(12-28-30-24(33)23(32)27-13-16-6-5-9-35-16)10-18(26)22(20)36-14-21(31)29-19-8-4-3-7-17(19)25/h3-4,7-8,10-12,16H,2,5-6,9,13-14H2,1H3,(H,27,32)(H,29,31)(H,30,33)/b28-12-/t16-/m0/s1. The Bertz CT molecular complexity index is 1120. The first-order valence-corrected chi connectivity index (χ1v) is 12.7. The van der Waals surface area contributed by atoms with E-state index in [1.165, 1.54) is 6.21 Å². The van der Waals surface area contributed by atoms with E-state index >= 15 is 0 Å². The maximum absolute atomic E-state index is 12.3. The summed E-state index contributed by atoms with van der Waals surface area (Å²) in [5, 5.41) is 9.50. The average molecular weight is 629 g/mol. The zero-order chi connectivity index (χ0) is 25.9. The van der Waals surface area contributed by atoms with Gasteiger partial charge in [-0.1, -0.05) is 23.7 Å². The number of nitrogens with zero attached hydrogens (tertiary/aromatic N) is 1. The number of hydrogen-bond donors (Lipinski definition) is 3. The molecule has 1 fully saturated rings. The van der Waals surface area contributed by atoms with Crippen LogP contribution in [0.4, 0.5) is 5.69 Å². The number of para-hydroxylation sites is 1. The number of carbonyl (C=O) groups is 3. The van der Waals surface area contributed by atoms with Crippen molar-refractivity contribution in [3.05, 3.63) is 50.6 Å². The predicted octanol–water partition coefficient (Wildman–Crippen LogP) is 3.11. The van der Waals surface area contributed by atoms with Gasteiger partial charge in [-0.05, 0) is 72.2 Å². The number of hydrogen-bond acceptors (Lipinski definition) is 7. The van der Waals surface area contributed by atoms with Gasteiger partial charge in [0.05, 0.1) is 33.2 Å². The van der Waals surface area contributed by atoms with Gasteiger partial charge in [-0.25, -0.2) is 5.43 Å². The van der Waals surface area contributed by atoms with Crippen molar-refractivity contribution in [1.29, 1.82) is 0 Å². The van der Waals surface area contributed by atoms with Gasteiger partial charge >= 0.3 is 11.8 Å². The van der Waals surface area contributed by atoms with Crippen molar-refractivity contribution in [2.75, 3.05) is 31.7 Å². The number of anilines is 1. The Morgan fingerprint density at radius 3 is 2.75 bits per heavy atom. The molecule has 192 valence electrons. The van der Waals surface area contributed by atoms with Gasteiger partial charge in [-0.3, -0.25) is 14.4 Å². The second kappa shape index (κ2) is 14.0.